The second-order valence-electron chi connectivity index (χ2n) is 14.9. The number of hydrogen-bond donors (Lipinski definition) is 0. The van der Waals surface area contributed by atoms with Gasteiger partial charge in [0.25, 0.3) is 0 Å². The summed E-state index contributed by atoms with van der Waals surface area (Å²) in [6.45, 7) is 4.36. The Morgan fingerprint density at radius 1 is 0.411 bits per heavy atom. The summed E-state index contributed by atoms with van der Waals surface area (Å²) in [5.41, 5.74) is 19.2. The molecule has 2 aliphatic rings. The topological polar surface area (TPSA) is 4.93 Å². The molecule has 0 saturated carbocycles. The molecule has 0 aliphatic heterocycles. The molecule has 1 spiro atoms. The number of para-hydroxylation sites is 2. The average molecular weight is 712 g/mol. The molecule has 11 rings (SSSR count). The first-order chi connectivity index (χ1) is 27.7. The molecule has 0 amide bonds. The van der Waals surface area contributed by atoms with Crippen molar-refractivity contribution in [2.24, 2.45) is 0 Å². The maximum atomic E-state index is 4.36. The van der Waals surface area contributed by atoms with E-state index in [1.165, 1.54) is 94.1 Å². The van der Waals surface area contributed by atoms with Crippen molar-refractivity contribution >= 4 is 33.1 Å². The van der Waals surface area contributed by atoms with E-state index in [9.17, 15) is 0 Å². The molecule has 1 heteroatoms. The van der Waals surface area contributed by atoms with Crippen molar-refractivity contribution in [3.63, 3.8) is 0 Å². The van der Waals surface area contributed by atoms with E-state index in [4.69, 9.17) is 0 Å². The molecule has 0 saturated heterocycles. The normalized spacial score (nSPS) is 15.5. The third-order valence-corrected chi connectivity index (χ3v) is 12.0. The Labute approximate surface area is 327 Å². The minimum absolute atomic E-state index is 0.429. The Morgan fingerprint density at radius 2 is 0.893 bits per heavy atom. The van der Waals surface area contributed by atoms with Crippen molar-refractivity contribution < 1.29 is 0 Å². The van der Waals surface area contributed by atoms with Crippen LogP contribution >= 0.6 is 0 Å². The summed E-state index contributed by atoms with van der Waals surface area (Å²) in [4.78, 5) is 0. The Hall–Kier alpha value is -7.22. The maximum Gasteiger partial charge on any atom is 0.0659 e. The molecule has 56 heavy (non-hydrogen) atoms. The van der Waals surface area contributed by atoms with Gasteiger partial charge in [-0.1, -0.05) is 170 Å². The van der Waals surface area contributed by atoms with E-state index in [2.05, 4.69) is 217 Å². The van der Waals surface area contributed by atoms with E-state index in [0.717, 1.165) is 5.70 Å². The fraction of sp³-hybridized carbons (Fsp3) is 0.0182. The highest BCUT2D eigenvalue weighted by atomic mass is 15.0. The quantitative estimate of drug-likeness (QED) is 0.151. The van der Waals surface area contributed by atoms with Gasteiger partial charge in [-0.25, -0.2) is 0 Å². The second-order valence-corrected chi connectivity index (χ2v) is 14.9. The van der Waals surface area contributed by atoms with E-state index < -0.39 is 5.41 Å². The first-order valence-electron chi connectivity index (χ1n) is 19.4. The highest BCUT2D eigenvalue weighted by Crippen LogP contribution is 2.59. The van der Waals surface area contributed by atoms with Crippen LogP contribution in [0.1, 0.15) is 22.3 Å². The second kappa shape index (κ2) is 12.7. The van der Waals surface area contributed by atoms with Gasteiger partial charge >= 0.3 is 0 Å². The fourth-order valence-corrected chi connectivity index (χ4v) is 9.49. The van der Waals surface area contributed by atoms with Crippen molar-refractivity contribution in [3.05, 3.63) is 241 Å². The van der Waals surface area contributed by atoms with Gasteiger partial charge < -0.3 is 4.57 Å². The highest BCUT2D eigenvalue weighted by Gasteiger charge is 2.47. The van der Waals surface area contributed by atoms with Crippen molar-refractivity contribution in [2.45, 2.75) is 5.41 Å². The molecule has 9 aromatic rings. The van der Waals surface area contributed by atoms with E-state index >= 15 is 0 Å². The van der Waals surface area contributed by atoms with Crippen LogP contribution in [0.2, 0.25) is 0 Å². The molecule has 2 aliphatic carbocycles. The number of hydrogen-bond acceptors (Lipinski definition) is 0. The molecule has 1 aromatic heterocycles. The van der Waals surface area contributed by atoms with Crippen molar-refractivity contribution in [3.8, 4) is 44.5 Å². The maximum absolute atomic E-state index is 4.36. The lowest BCUT2D eigenvalue weighted by Gasteiger charge is -2.27. The largest absolute Gasteiger partial charge is 0.309 e. The van der Waals surface area contributed by atoms with E-state index in [1.54, 1.807) is 0 Å². The van der Waals surface area contributed by atoms with Gasteiger partial charge in [-0.2, -0.15) is 0 Å². The zero-order chi connectivity index (χ0) is 37.2. The smallest absolute Gasteiger partial charge is 0.0659 e. The van der Waals surface area contributed by atoms with Crippen molar-refractivity contribution in [1.29, 1.82) is 0 Å². The summed E-state index contributed by atoms with van der Waals surface area (Å²) >= 11 is 0. The van der Waals surface area contributed by atoms with Gasteiger partial charge in [0, 0.05) is 16.5 Å². The summed E-state index contributed by atoms with van der Waals surface area (Å²) in [6, 6.07) is 71.0. The number of aromatic nitrogens is 1. The van der Waals surface area contributed by atoms with Gasteiger partial charge in [-0.15, -0.1) is 0 Å². The summed E-state index contributed by atoms with van der Waals surface area (Å²) in [6.07, 6.45) is 6.86. The lowest BCUT2D eigenvalue weighted by Crippen LogP contribution is -2.22. The zero-order valence-electron chi connectivity index (χ0n) is 30.9. The van der Waals surface area contributed by atoms with E-state index in [-0.39, 0.29) is 0 Å². The van der Waals surface area contributed by atoms with Gasteiger partial charge in [-0.05, 0) is 121 Å². The molecule has 1 heterocycles. The molecule has 0 fully saturated rings. The standard InChI is InChI=1S/C55H37N/c1-2-44(56-53-27-15-11-23-47(53)48-24-12-16-28-54(48)56)34-43-36-55(50-25-13-9-21-45(43)50)51-26-14-10-22-46(51)49-35-39(29-30-52(49)55)42-32-40(37-17-5-3-6-18-37)31-41(33-42)38-19-7-4-8-20-38/h2-36H,1H2. The summed E-state index contributed by atoms with van der Waals surface area (Å²) in [5, 5.41) is 2.49. The van der Waals surface area contributed by atoms with Gasteiger partial charge in [0.2, 0.25) is 0 Å². The van der Waals surface area contributed by atoms with Crippen LogP contribution in [0.3, 0.4) is 0 Å². The molecule has 0 radical (unpaired) electrons. The SMILES string of the molecule is C=CC(=CC1=CC2(c3ccccc31)c1ccccc1-c1cc(-c3cc(-c4ccccc4)cc(-c4ccccc4)c3)ccc12)n1c2ccccc2c2ccccc21. The van der Waals surface area contributed by atoms with Crippen LogP contribution in [0.4, 0.5) is 0 Å². The van der Waals surface area contributed by atoms with Crippen LogP contribution in [0, 0.1) is 0 Å². The van der Waals surface area contributed by atoms with Crippen molar-refractivity contribution in [2.75, 3.05) is 0 Å². The molecule has 1 unspecified atom stereocenters. The van der Waals surface area contributed by atoms with Crippen LogP contribution in [-0.4, -0.2) is 4.57 Å². The number of fused-ring (bicyclic) bond motifs is 10. The molecule has 262 valence electrons. The molecular weight excluding hydrogens is 675 g/mol. The lowest BCUT2D eigenvalue weighted by molar-refractivity contribution is 0.821. The van der Waals surface area contributed by atoms with Gasteiger partial charge in [0.05, 0.1) is 16.4 Å². The van der Waals surface area contributed by atoms with Crippen LogP contribution in [0.25, 0.3) is 77.6 Å². The number of benzene rings is 8. The Balaban J connectivity index is 1.11. The van der Waals surface area contributed by atoms with Gasteiger partial charge in [-0.3, -0.25) is 0 Å². The van der Waals surface area contributed by atoms with Crippen LogP contribution in [0.15, 0.2) is 219 Å². The zero-order valence-corrected chi connectivity index (χ0v) is 30.9. The van der Waals surface area contributed by atoms with Crippen molar-refractivity contribution in [1.82, 2.24) is 4.57 Å². The number of allylic oxidation sites excluding steroid dienone is 5. The molecule has 0 N–H and O–H groups in total. The summed E-state index contributed by atoms with van der Waals surface area (Å²) in [7, 11) is 0. The monoisotopic (exact) mass is 711 g/mol. The van der Waals surface area contributed by atoms with Crippen LogP contribution in [0.5, 0.6) is 0 Å². The first-order valence-corrected chi connectivity index (χ1v) is 19.4. The van der Waals surface area contributed by atoms with Crippen LogP contribution < -0.4 is 0 Å². The van der Waals surface area contributed by atoms with E-state index in [0.29, 0.717) is 0 Å². The molecule has 1 nitrogen and oxygen atoms in total. The fourth-order valence-electron chi connectivity index (χ4n) is 9.49. The van der Waals surface area contributed by atoms with Gasteiger partial charge in [0.15, 0.2) is 0 Å². The number of rotatable bonds is 6. The minimum Gasteiger partial charge on any atom is -0.309 e. The third-order valence-electron chi connectivity index (χ3n) is 12.0. The average Bonchev–Trinajstić information content (AvgIpc) is 3.89. The summed E-state index contributed by atoms with van der Waals surface area (Å²) < 4.78 is 2.36. The Bertz CT molecular complexity index is 2970. The van der Waals surface area contributed by atoms with Crippen LogP contribution in [-0.2, 0) is 5.41 Å². The lowest BCUT2D eigenvalue weighted by atomic mass is 9.74. The summed E-state index contributed by atoms with van der Waals surface area (Å²) in [5.74, 6) is 0. The highest BCUT2D eigenvalue weighted by molar-refractivity contribution is 6.11. The first kappa shape index (κ1) is 32.2. The van der Waals surface area contributed by atoms with E-state index in [1.807, 2.05) is 6.08 Å². The molecule has 0 bridgehead atoms. The van der Waals surface area contributed by atoms with Gasteiger partial charge in [0.1, 0.15) is 0 Å². The minimum atomic E-state index is -0.429. The Morgan fingerprint density at radius 3 is 1.50 bits per heavy atom. The molecule has 1 atom stereocenters. The molecule has 8 aromatic carbocycles. The Kier molecular flexibility index (Phi) is 7.30. The molecular formula is C55H37N. The predicted molar refractivity (Wildman–Crippen MR) is 236 cm³/mol. The predicted octanol–water partition coefficient (Wildman–Crippen LogP) is 14.2. The third kappa shape index (κ3) is 4.81. The number of nitrogens with zero attached hydrogens (tertiary/aromatic N) is 1.